The lowest BCUT2D eigenvalue weighted by atomic mass is 9.83. The molecule has 19 heavy (non-hydrogen) atoms. The number of hydrogen-bond acceptors (Lipinski definition) is 4. The van der Waals surface area contributed by atoms with Crippen LogP contribution in [0.3, 0.4) is 0 Å². The molecule has 1 atom stereocenters. The standard InChI is InChI=1S/C14H22N2O3/c1-9-3-5-11(6-4-9)14-15-12(19-16-14)7-10(2)8-13(17)18/h9-11H,3-8H2,1-2H3,(H,17,18). The SMILES string of the molecule is CC1CCC(c2noc(CC(C)CC(=O)O)n2)CC1. The fourth-order valence-corrected chi connectivity index (χ4v) is 2.70. The van der Waals surface area contributed by atoms with Gasteiger partial charge in [-0.05, 0) is 24.7 Å². The van der Waals surface area contributed by atoms with Crippen molar-refractivity contribution in [3.05, 3.63) is 11.7 Å². The van der Waals surface area contributed by atoms with E-state index in [1.54, 1.807) is 0 Å². The van der Waals surface area contributed by atoms with E-state index in [0.29, 0.717) is 18.2 Å². The minimum atomic E-state index is -0.784. The van der Waals surface area contributed by atoms with Gasteiger partial charge in [0.2, 0.25) is 5.89 Å². The highest BCUT2D eigenvalue weighted by molar-refractivity contribution is 5.66. The number of nitrogens with zero attached hydrogens (tertiary/aromatic N) is 2. The maximum Gasteiger partial charge on any atom is 0.303 e. The van der Waals surface area contributed by atoms with Gasteiger partial charge in [0.15, 0.2) is 5.82 Å². The van der Waals surface area contributed by atoms with Crippen LogP contribution >= 0.6 is 0 Å². The van der Waals surface area contributed by atoms with Crippen molar-refractivity contribution in [1.29, 1.82) is 0 Å². The van der Waals surface area contributed by atoms with Gasteiger partial charge in [0.25, 0.3) is 0 Å². The Labute approximate surface area is 113 Å². The predicted octanol–water partition coefficient (Wildman–Crippen LogP) is 3.02. The Hall–Kier alpha value is -1.39. The van der Waals surface area contributed by atoms with Gasteiger partial charge in [-0.2, -0.15) is 4.98 Å². The van der Waals surface area contributed by atoms with Crippen LogP contribution in [-0.4, -0.2) is 21.2 Å². The van der Waals surface area contributed by atoms with Gasteiger partial charge in [-0.1, -0.05) is 31.8 Å². The number of carboxylic acid groups (broad SMARTS) is 1. The lowest BCUT2D eigenvalue weighted by molar-refractivity contribution is -0.137. The summed E-state index contributed by atoms with van der Waals surface area (Å²) in [4.78, 5) is 15.1. The Morgan fingerprint density at radius 3 is 2.74 bits per heavy atom. The van der Waals surface area contributed by atoms with Crippen molar-refractivity contribution in [3.63, 3.8) is 0 Å². The van der Waals surface area contributed by atoms with Crippen LogP contribution in [0.2, 0.25) is 0 Å². The quantitative estimate of drug-likeness (QED) is 0.886. The lowest BCUT2D eigenvalue weighted by Crippen LogP contribution is -2.12. The van der Waals surface area contributed by atoms with Crippen molar-refractivity contribution in [2.45, 2.75) is 58.3 Å². The molecule has 1 N–H and O–H groups in total. The summed E-state index contributed by atoms with van der Waals surface area (Å²) in [5.41, 5.74) is 0. The van der Waals surface area contributed by atoms with Crippen LogP contribution in [0.15, 0.2) is 4.52 Å². The molecule has 1 heterocycles. The second kappa shape index (κ2) is 6.17. The van der Waals surface area contributed by atoms with Crippen LogP contribution in [-0.2, 0) is 11.2 Å². The van der Waals surface area contributed by atoms with E-state index >= 15 is 0 Å². The smallest absolute Gasteiger partial charge is 0.303 e. The molecule has 1 fully saturated rings. The van der Waals surface area contributed by atoms with Gasteiger partial charge in [-0.15, -0.1) is 0 Å². The minimum absolute atomic E-state index is 0.0252. The number of carbonyl (C=O) groups is 1. The largest absolute Gasteiger partial charge is 0.481 e. The highest BCUT2D eigenvalue weighted by Gasteiger charge is 2.24. The molecule has 0 saturated heterocycles. The summed E-state index contributed by atoms with van der Waals surface area (Å²) in [6.07, 6.45) is 5.39. The molecule has 1 aromatic heterocycles. The number of aliphatic carboxylic acids is 1. The van der Waals surface area contributed by atoms with Crippen LogP contribution in [0.4, 0.5) is 0 Å². The van der Waals surface area contributed by atoms with E-state index in [0.717, 1.165) is 24.6 Å². The Bertz CT molecular complexity index is 422. The van der Waals surface area contributed by atoms with Gasteiger partial charge in [-0.25, -0.2) is 0 Å². The van der Waals surface area contributed by atoms with E-state index in [1.807, 2.05) is 6.92 Å². The van der Waals surface area contributed by atoms with E-state index in [2.05, 4.69) is 17.1 Å². The second-order valence-electron chi connectivity index (χ2n) is 5.91. The number of rotatable bonds is 5. The summed E-state index contributed by atoms with van der Waals surface area (Å²) in [5, 5.41) is 12.8. The Morgan fingerprint density at radius 1 is 1.42 bits per heavy atom. The monoisotopic (exact) mass is 266 g/mol. The van der Waals surface area contributed by atoms with Gasteiger partial charge >= 0.3 is 5.97 Å². The highest BCUT2D eigenvalue weighted by Crippen LogP contribution is 2.34. The third-order valence-corrected chi connectivity index (χ3v) is 3.91. The molecule has 1 saturated carbocycles. The normalized spacial score (nSPS) is 25.2. The third kappa shape index (κ3) is 4.04. The van der Waals surface area contributed by atoms with Crippen LogP contribution in [0.5, 0.6) is 0 Å². The van der Waals surface area contributed by atoms with Crippen molar-refractivity contribution in [3.8, 4) is 0 Å². The summed E-state index contributed by atoms with van der Waals surface area (Å²) in [6.45, 7) is 4.17. The fourth-order valence-electron chi connectivity index (χ4n) is 2.70. The number of carboxylic acids is 1. The van der Waals surface area contributed by atoms with Gasteiger partial charge in [0.05, 0.1) is 0 Å². The predicted molar refractivity (Wildman–Crippen MR) is 69.8 cm³/mol. The minimum Gasteiger partial charge on any atom is -0.481 e. The summed E-state index contributed by atoms with van der Waals surface area (Å²) < 4.78 is 5.24. The van der Waals surface area contributed by atoms with E-state index in [1.165, 1.54) is 12.8 Å². The summed E-state index contributed by atoms with van der Waals surface area (Å²) in [5.74, 6) is 1.85. The summed E-state index contributed by atoms with van der Waals surface area (Å²) in [6, 6.07) is 0. The van der Waals surface area contributed by atoms with Crippen LogP contribution < -0.4 is 0 Å². The molecule has 5 heteroatoms. The van der Waals surface area contributed by atoms with Gasteiger partial charge in [-0.3, -0.25) is 4.79 Å². The maximum atomic E-state index is 10.6. The maximum absolute atomic E-state index is 10.6. The Balaban J connectivity index is 1.90. The molecular weight excluding hydrogens is 244 g/mol. The molecule has 106 valence electrons. The molecule has 5 nitrogen and oxygen atoms in total. The molecule has 1 aliphatic carbocycles. The van der Waals surface area contributed by atoms with Crippen molar-refractivity contribution in [2.24, 2.45) is 11.8 Å². The topological polar surface area (TPSA) is 76.2 Å². The van der Waals surface area contributed by atoms with E-state index < -0.39 is 5.97 Å². The number of hydrogen-bond donors (Lipinski definition) is 1. The van der Waals surface area contributed by atoms with Gasteiger partial charge in [0, 0.05) is 18.8 Å². The average molecular weight is 266 g/mol. The van der Waals surface area contributed by atoms with E-state index in [9.17, 15) is 4.79 Å². The highest BCUT2D eigenvalue weighted by atomic mass is 16.5. The van der Waals surface area contributed by atoms with Gasteiger partial charge < -0.3 is 9.63 Å². The molecule has 1 aromatic rings. The Morgan fingerprint density at radius 2 is 2.11 bits per heavy atom. The van der Waals surface area contributed by atoms with Crippen LogP contribution in [0.25, 0.3) is 0 Å². The first-order valence-corrected chi connectivity index (χ1v) is 7.09. The van der Waals surface area contributed by atoms with E-state index in [-0.39, 0.29) is 12.3 Å². The zero-order chi connectivity index (χ0) is 13.8. The molecule has 1 unspecified atom stereocenters. The molecule has 0 bridgehead atoms. The van der Waals surface area contributed by atoms with Crippen molar-refractivity contribution in [1.82, 2.24) is 10.1 Å². The fraction of sp³-hybridized carbons (Fsp3) is 0.786. The molecule has 0 spiro atoms. The van der Waals surface area contributed by atoms with E-state index in [4.69, 9.17) is 9.63 Å². The molecule has 1 aliphatic rings. The van der Waals surface area contributed by atoms with Crippen molar-refractivity contribution >= 4 is 5.97 Å². The molecule has 0 amide bonds. The van der Waals surface area contributed by atoms with Gasteiger partial charge in [0.1, 0.15) is 0 Å². The van der Waals surface area contributed by atoms with Crippen molar-refractivity contribution in [2.75, 3.05) is 0 Å². The Kier molecular flexibility index (Phi) is 4.56. The zero-order valence-electron chi connectivity index (χ0n) is 11.6. The van der Waals surface area contributed by atoms with Crippen LogP contribution in [0.1, 0.15) is 63.6 Å². The van der Waals surface area contributed by atoms with Crippen molar-refractivity contribution < 1.29 is 14.4 Å². The third-order valence-electron chi connectivity index (χ3n) is 3.91. The lowest BCUT2D eigenvalue weighted by Gasteiger charge is -2.23. The first kappa shape index (κ1) is 14.0. The summed E-state index contributed by atoms with van der Waals surface area (Å²) in [7, 11) is 0. The molecular formula is C14H22N2O3. The first-order chi connectivity index (χ1) is 9.04. The molecule has 2 rings (SSSR count). The summed E-state index contributed by atoms with van der Waals surface area (Å²) >= 11 is 0. The van der Waals surface area contributed by atoms with Crippen LogP contribution in [0, 0.1) is 11.8 Å². The second-order valence-corrected chi connectivity index (χ2v) is 5.91. The number of aromatic nitrogens is 2. The first-order valence-electron chi connectivity index (χ1n) is 7.09. The zero-order valence-corrected chi connectivity index (χ0v) is 11.6. The average Bonchev–Trinajstić information content (AvgIpc) is 2.77. The molecule has 0 aliphatic heterocycles. The molecule has 0 aromatic carbocycles. The molecule has 0 radical (unpaired) electrons.